The second-order valence-electron chi connectivity index (χ2n) is 11.3. The van der Waals surface area contributed by atoms with Crippen molar-refractivity contribution in [3.8, 4) is 5.75 Å². The number of pyridine rings is 1. The first-order valence-corrected chi connectivity index (χ1v) is 16.3. The molecular weight excluding hydrogens is 675 g/mol. The van der Waals surface area contributed by atoms with E-state index in [0.29, 0.717) is 16.5 Å². The van der Waals surface area contributed by atoms with Gasteiger partial charge in [0.05, 0.1) is 11.1 Å². The molecule has 4 bridgehead atoms. The fourth-order valence-corrected chi connectivity index (χ4v) is 6.30. The molecule has 2 heterocycles. The van der Waals surface area contributed by atoms with Crippen LogP contribution in [-0.4, -0.2) is 74.6 Å². The molecule has 1 aliphatic heterocycles. The van der Waals surface area contributed by atoms with Crippen molar-refractivity contribution >= 4 is 49.7 Å². The van der Waals surface area contributed by atoms with Gasteiger partial charge in [0, 0.05) is 49.3 Å². The molecule has 0 radical (unpaired) electrons. The second kappa shape index (κ2) is 14.1. The number of nitrogens with two attached hydrogens (primary N) is 1. The summed E-state index contributed by atoms with van der Waals surface area (Å²) in [6.07, 6.45) is -1.74. The highest BCUT2D eigenvalue weighted by atomic mass is 32.2. The van der Waals surface area contributed by atoms with Crippen molar-refractivity contribution in [2.24, 2.45) is 0 Å². The van der Waals surface area contributed by atoms with E-state index in [1.54, 1.807) is 0 Å². The predicted molar refractivity (Wildman–Crippen MR) is 172 cm³/mol. The molecule has 4 N–H and O–H groups in total. The Bertz CT molecular complexity index is 2020. The fraction of sp³-hybridized carbons (Fsp3) is 0.281. The number of hydrogen-bond donors (Lipinski definition) is 3. The van der Waals surface area contributed by atoms with Crippen molar-refractivity contribution < 1.29 is 44.7 Å². The molecule has 0 saturated heterocycles. The molecule has 3 amide bonds. The number of likely N-dealkylation sites (N-methyl/N-ethyl adjacent to an activating group) is 2. The van der Waals surface area contributed by atoms with Crippen LogP contribution in [0.3, 0.4) is 0 Å². The molecule has 1 aliphatic rings. The van der Waals surface area contributed by atoms with Crippen LogP contribution in [0.25, 0.3) is 10.8 Å². The normalized spacial score (nSPS) is 16.1. The fourth-order valence-electron chi connectivity index (χ4n) is 5.36. The molecule has 0 aliphatic carbocycles. The van der Waals surface area contributed by atoms with Crippen molar-refractivity contribution in [1.82, 2.24) is 14.8 Å². The van der Waals surface area contributed by atoms with Gasteiger partial charge in [-0.2, -0.15) is 8.78 Å². The molecule has 1 atom stereocenters. The highest BCUT2D eigenvalue weighted by Crippen LogP contribution is 2.33. The lowest BCUT2D eigenvalue weighted by atomic mass is 9.99. The Morgan fingerprint density at radius 2 is 1.76 bits per heavy atom. The zero-order valence-electron chi connectivity index (χ0n) is 26.1. The molecule has 0 unspecified atom stereocenters. The van der Waals surface area contributed by atoms with E-state index in [4.69, 9.17) is 10.5 Å². The van der Waals surface area contributed by atoms with Crippen LogP contribution in [0.1, 0.15) is 22.7 Å². The molecule has 11 nitrogen and oxygen atoms in total. The van der Waals surface area contributed by atoms with Gasteiger partial charge in [-0.25, -0.2) is 31.4 Å². The summed E-state index contributed by atoms with van der Waals surface area (Å²) in [6.45, 7) is -1.36. The van der Waals surface area contributed by atoms with Gasteiger partial charge in [0.15, 0.2) is 0 Å². The van der Waals surface area contributed by atoms with Crippen molar-refractivity contribution in [3.05, 3.63) is 83.3 Å². The molecule has 1 aromatic heterocycles. The first-order valence-electron chi connectivity index (χ1n) is 14.7. The van der Waals surface area contributed by atoms with Crippen molar-refractivity contribution in [2.75, 3.05) is 43.6 Å². The Labute approximate surface area is 277 Å². The topological polar surface area (TPSA) is 147 Å². The van der Waals surface area contributed by atoms with Crippen LogP contribution in [0.15, 0.2) is 65.7 Å². The van der Waals surface area contributed by atoms with Crippen LogP contribution in [0.5, 0.6) is 5.75 Å². The third-order valence-electron chi connectivity index (χ3n) is 7.91. The number of urea groups is 1. The Hall–Kier alpha value is -5.19. The average molecular weight is 707 g/mol. The molecule has 0 spiro atoms. The zero-order chi connectivity index (χ0) is 35.6. The van der Waals surface area contributed by atoms with Crippen molar-refractivity contribution in [2.45, 2.75) is 36.1 Å². The molecule has 4 aromatic rings. The lowest BCUT2D eigenvalue weighted by Crippen LogP contribution is -2.35. The van der Waals surface area contributed by atoms with Crippen molar-refractivity contribution in [3.63, 3.8) is 0 Å². The largest absolute Gasteiger partial charge is 0.487 e. The number of fused-ring (bicyclic) bond motifs is 5. The molecule has 0 saturated carbocycles. The van der Waals surface area contributed by atoms with Gasteiger partial charge >= 0.3 is 11.8 Å². The predicted octanol–water partition coefficient (Wildman–Crippen LogP) is 5.43. The Kier molecular flexibility index (Phi) is 10.1. The van der Waals surface area contributed by atoms with Gasteiger partial charge in [0.2, 0.25) is 15.7 Å². The number of alkyl halides is 4. The summed E-state index contributed by atoms with van der Waals surface area (Å²) in [6, 6.07) is 10.2. The minimum Gasteiger partial charge on any atom is -0.487 e. The zero-order valence-corrected chi connectivity index (χ0v) is 26.9. The number of aromatic nitrogens is 1. The van der Waals surface area contributed by atoms with Crippen molar-refractivity contribution in [1.29, 1.82) is 0 Å². The maximum atomic E-state index is 14.7. The molecule has 5 rings (SSSR count). The van der Waals surface area contributed by atoms with Gasteiger partial charge < -0.3 is 30.9 Å². The molecular formula is C32H31F5N6O5S. The number of nitrogen functional groups attached to an aromatic ring is 1. The Morgan fingerprint density at radius 1 is 1.00 bits per heavy atom. The first kappa shape index (κ1) is 35.1. The summed E-state index contributed by atoms with van der Waals surface area (Å²) in [4.78, 5) is 32.7. The average Bonchev–Trinajstić information content (AvgIpc) is 3.06. The summed E-state index contributed by atoms with van der Waals surface area (Å²) in [7, 11) is -2.36. The maximum Gasteiger partial charge on any atom is 0.341 e. The lowest BCUT2D eigenvalue weighted by molar-refractivity contribution is -0.131. The number of benzene rings is 3. The number of nitrogens with zero attached hydrogens (tertiary/aromatic N) is 3. The van der Waals surface area contributed by atoms with Gasteiger partial charge in [-0.05, 0) is 71.6 Å². The number of anilines is 3. The number of carbonyl (C=O) groups excluding carboxylic acids is 2. The van der Waals surface area contributed by atoms with E-state index >= 15 is 0 Å². The number of halogens is 5. The van der Waals surface area contributed by atoms with E-state index in [2.05, 4.69) is 15.6 Å². The van der Waals surface area contributed by atoms with Crippen LogP contribution in [0.4, 0.5) is 43.9 Å². The Morgan fingerprint density at radius 3 is 2.47 bits per heavy atom. The standard InChI is InChI=1S/C32H31F5N6O5S/c1-42-10-9-17-11-18(3-7-25(17)48-16-27(34)35)28(40-21-4-6-22-23(13-21)24(33)14-39-29(22)38)30(44)43(2)15-19-12-20(41-32(42)45)5-8-26(19)49(46,47)31(36)37/h3-8,11-14,27-28,31,40H,9-10,15-16H2,1-2H3,(H2,38,39)(H,41,45)/t28-/m1/s1. The number of carbonyl (C=O) groups is 2. The summed E-state index contributed by atoms with van der Waals surface area (Å²) in [5, 5.41) is 6.06. The Balaban J connectivity index is 1.64. The molecule has 49 heavy (non-hydrogen) atoms. The number of amides is 3. The van der Waals surface area contributed by atoms with Gasteiger partial charge in [-0.3, -0.25) is 4.79 Å². The van der Waals surface area contributed by atoms with Gasteiger partial charge in [-0.15, -0.1) is 0 Å². The smallest absolute Gasteiger partial charge is 0.341 e. The minimum atomic E-state index is -5.13. The minimum absolute atomic E-state index is 0.0381. The maximum absolute atomic E-state index is 14.7. The molecule has 0 fully saturated rings. The number of nitrogens with one attached hydrogen (secondary N) is 2. The summed E-state index contributed by atoms with van der Waals surface area (Å²) in [5.41, 5.74) is 6.71. The number of hydrogen-bond acceptors (Lipinski definition) is 8. The number of sulfone groups is 1. The number of ether oxygens (including phenoxy) is 1. The van der Waals surface area contributed by atoms with Gasteiger partial charge in [-0.1, -0.05) is 6.07 Å². The SMILES string of the molecule is CN1CCc2cc(ccc2OCC(F)F)[C@@H](Nc2ccc3c(N)ncc(F)c3c2)C(=O)N(C)Cc2cc(ccc2S(=O)(=O)C(F)F)NC1=O. The van der Waals surface area contributed by atoms with Gasteiger partial charge in [0.25, 0.3) is 6.43 Å². The first-order chi connectivity index (χ1) is 23.1. The van der Waals surface area contributed by atoms with E-state index in [1.165, 1.54) is 61.5 Å². The van der Waals surface area contributed by atoms with Gasteiger partial charge in [0.1, 0.15) is 30.0 Å². The monoisotopic (exact) mass is 706 g/mol. The summed E-state index contributed by atoms with van der Waals surface area (Å²) in [5.74, 6) is -4.95. The number of rotatable bonds is 7. The van der Waals surface area contributed by atoms with Crippen LogP contribution in [0, 0.1) is 5.82 Å². The van der Waals surface area contributed by atoms with E-state index in [1.807, 2.05) is 0 Å². The molecule has 260 valence electrons. The highest BCUT2D eigenvalue weighted by Gasteiger charge is 2.32. The quantitative estimate of drug-likeness (QED) is 0.216. The van der Waals surface area contributed by atoms with E-state index in [-0.39, 0.29) is 46.9 Å². The summed E-state index contributed by atoms with van der Waals surface area (Å²) >= 11 is 0. The highest BCUT2D eigenvalue weighted by molar-refractivity contribution is 7.91. The van der Waals surface area contributed by atoms with E-state index < -0.39 is 63.9 Å². The van der Waals surface area contributed by atoms with Crippen LogP contribution in [-0.2, 0) is 27.6 Å². The summed E-state index contributed by atoms with van der Waals surface area (Å²) < 4.78 is 98.9. The van der Waals surface area contributed by atoms with Crippen LogP contribution in [0.2, 0.25) is 0 Å². The third-order valence-corrected chi connectivity index (χ3v) is 9.39. The third kappa shape index (κ3) is 7.61. The molecule has 17 heteroatoms. The van der Waals surface area contributed by atoms with E-state index in [9.17, 15) is 40.0 Å². The second-order valence-corrected chi connectivity index (χ2v) is 13.2. The van der Waals surface area contributed by atoms with Crippen LogP contribution < -0.4 is 21.1 Å². The van der Waals surface area contributed by atoms with E-state index in [0.717, 1.165) is 23.2 Å². The van der Waals surface area contributed by atoms with Crippen LogP contribution >= 0.6 is 0 Å². The lowest BCUT2D eigenvalue weighted by Gasteiger charge is -2.27. The molecule has 3 aromatic carbocycles.